The molecule has 0 aliphatic carbocycles. The molecule has 0 amide bonds. The lowest BCUT2D eigenvalue weighted by atomic mass is 10.2. The van der Waals surface area contributed by atoms with Gasteiger partial charge >= 0.3 is 5.97 Å². The standard InChI is InChI=1S/C10H9N3O2/c14-10(15)7-13-6-9(11-12-13)8-4-2-1-3-5-8/h1-6H,7H2,(H,14,15). The number of aliphatic carboxylic acids is 1. The lowest BCUT2D eigenvalue weighted by Gasteiger charge is -1.93. The Bertz CT molecular complexity index is 465. The minimum Gasteiger partial charge on any atom is -0.480 e. The van der Waals surface area contributed by atoms with E-state index in [1.807, 2.05) is 30.3 Å². The van der Waals surface area contributed by atoms with Gasteiger partial charge in [0, 0.05) is 5.56 Å². The van der Waals surface area contributed by atoms with Crippen LogP contribution >= 0.6 is 0 Å². The van der Waals surface area contributed by atoms with Gasteiger partial charge in [0.05, 0.1) is 6.20 Å². The van der Waals surface area contributed by atoms with E-state index in [0.29, 0.717) is 5.69 Å². The van der Waals surface area contributed by atoms with Crippen LogP contribution in [0.4, 0.5) is 0 Å². The van der Waals surface area contributed by atoms with Crippen LogP contribution in [0.15, 0.2) is 36.5 Å². The molecule has 0 saturated carbocycles. The molecule has 2 aromatic rings. The van der Waals surface area contributed by atoms with Crippen molar-refractivity contribution in [2.45, 2.75) is 6.54 Å². The van der Waals surface area contributed by atoms with Crippen molar-refractivity contribution in [1.82, 2.24) is 15.0 Å². The van der Waals surface area contributed by atoms with E-state index in [2.05, 4.69) is 10.3 Å². The number of rotatable bonds is 3. The predicted molar refractivity (Wildman–Crippen MR) is 53.1 cm³/mol. The van der Waals surface area contributed by atoms with Crippen molar-refractivity contribution in [1.29, 1.82) is 0 Å². The van der Waals surface area contributed by atoms with E-state index in [-0.39, 0.29) is 6.54 Å². The van der Waals surface area contributed by atoms with E-state index in [1.54, 1.807) is 6.20 Å². The van der Waals surface area contributed by atoms with Gasteiger partial charge in [-0.3, -0.25) is 4.79 Å². The maximum atomic E-state index is 10.4. The van der Waals surface area contributed by atoms with Crippen molar-refractivity contribution in [2.24, 2.45) is 0 Å². The van der Waals surface area contributed by atoms with Crippen molar-refractivity contribution < 1.29 is 9.90 Å². The number of nitrogens with zero attached hydrogens (tertiary/aromatic N) is 3. The normalized spacial score (nSPS) is 10.1. The molecule has 1 heterocycles. The van der Waals surface area contributed by atoms with Crippen molar-refractivity contribution in [2.75, 3.05) is 0 Å². The molecule has 1 N–H and O–H groups in total. The molecular weight excluding hydrogens is 194 g/mol. The van der Waals surface area contributed by atoms with E-state index in [0.717, 1.165) is 5.56 Å². The Kier molecular flexibility index (Phi) is 2.45. The summed E-state index contributed by atoms with van der Waals surface area (Å²) in [6, 6.07) is 9.49. The average Bonchev–Trinajstić information content (AvgIpc) is 2.67. The smallest absolute Gasteiger partial charge is 0.325 e. The molecule has 2 rings (SSSR count). The fourth-order valence-electron chi connectivity index (χ4n) is 1.26. The van der Waals surface area contributed by atoms with Crippen LogP contribution in [-0.2, 0) is 11.3 Å². The fraction of sp³-hybridized carbons (Fsp3) is 0.100. The van der Waals surface area contributed by atoms with Crippen molar-refractivity contribution in [3.63, 3.8) is 0 Å². The minimum atomic E-state index is -0.931. The van der Waals surface area contributed by atoms with Gasteiger partial charge in [0.1, 0.15) is 12.2 Å². The van der Waals surface area contributed by atoms with E-state index < -0.39 is 5.97 Å². The van der Waals surface area contributed by atoms with Gasteiger partial charge in [0.2, 0.25) is 0 Å². The topological polar surface area (TPSA) is 68.0 Å². The summed E-state index contributed by atoms with van der Waals surface area (Å²) >= 11 is 0. The summed E-state index contributed by atoms with van der Waals surface area (Å²) in [6.07, 6.45) is 1.61. The lowest BCUT2D eigenvalue weighted by Crippen LogP contribution is -2.08. The highest BCUT2D eigenvalue weighted by Crippen LogP contribution is 2.14. The first kappa shape index (κ1) is 9.39. The second-order valence-electron chi connectivity index (χ2n) is 3.06. The Hall–Kier alpha value is -2.17. The summed E-state index contributed by atoms with van der Waals surface area (Å²) < 4.78 is 1.30. The van der Waals surface area contributed by atoms with Crippen molar-refractivity contribution in [3.8, 4) is 11.3 Å². The first-order valence-corrected chi connectivity index (χ1v) is 4.43. The zero-order chi connectivity index (χ0) is 10.7. The number of benzene rings is 1. The molecule has 0 spiro atoms. The molecule has 0 bridgehead atoms. The molecule has 0 unspecified atom stereocenters. The monoisotopic (exact) mass is 203 g/mol. The summed E-state index contributed by atoms with van der Waals surface area (Å²) in [5, 5.41) is 16.2. The van der Waals surface area contributed by atoms with Crippen LogP contribution in [0, 0.1) is 0 Å². The van der Waals surface area contributed by atoms with Gasteiger partial charge in [-0.05, 0) is 0 Å². The third kappa shape index (κ3) is 2.19. The molecule has 1 aromatic heterocycles. The quantitative estimate of drug-likeness (QED) is 0.808. The Balaban J connectivity index is 2.24. The Labute approximate surface area is 86.0 Å². The molecule has 76 valence electrons. The van der Waals surface area contributed by atoms with Crippen LogP contribution in [0.5, 0.6) is 0 Å². The van der Waals surface area contributed by atoms with Gasteiger partial charge in [0.15, 0.2) is 0 Å². The molecule has 0 fully saturated rings. The van der Waals surface area contributed by atoms with Crippen LogP contribution in [-0.4, -0.2) is 26.1 Å². The maximum absolute atomic E-state index is 10.4. The van der Waals surface area contributed by atoms with E-state index in [4.69, 9.17) is 5.11 Å². The number of hydrogen-bond donors (Lipinski definition) is 1. The van der Waals surface area contributed by atoms with Gasteiger partial charge in [-0.15, -0.1) is 5.10 Å². The summed E-state index contributed by atoms with van der Waals surface area (Å²) in [6.45, 7) is -0.167. The van der Waals surface area contributed by atoms with E-state index in [9.17, 15) is 4.79 Å². The molecule has 0 atom stereocenters. The molecule has 15 heavy (non-hydrogen) atoms. The SMILES string of the molecule is O=C(O)Cn1cc(-c2ccccc2)nn1. The number of carbonyl (C=O) groups is 1. The largest absolute Gasteiger partial charge is 0.480 e. The van der Waals surface area contributed by atoms with Crippen LogP contribution in [0.25, 0.3) is 11.3 Å². The second kappa shape index (κ2) is 3.91. The van der Waals surface area contributed by atoms with E-state index >= 15 is 0 Å². The minimum absolute atomic E-state index is 0.167. The first-order valence-electron chi connectivity index (χ1n) is 4.43. The highest BCUT2D eigenvalue weighted by molar-refractivity contribution is 5.66. The van der Waals surface area contributed by atoms with Crippen molar-refractivity contribution in [3.05, 3.63) is 36.5 Å². The van der Waals surface area contributed by atoms with Gasteiger partial charge < -0.3 is 5.11 Å². The van der Waals surface area contributed by atoms with Crippen LogP contribution in [0.3, 0.4) is 0 Å². The van der Waals surface area contributed by atoms with Crippen molar-refractivity contribution >= 4 is 5.97 Å². The van der Waals surface area contributed by atoms with Gasteiger partial charge in [-0.2, -0.15) is 0 Å². The maximum Gasteiger partial charge on any atom is 0.325 e. The molecule has 1 aromatic carbocycles. The average molecular weight is 203 g/mol. The Morgan fingerprint density at radius 3 is 2.73 bits per heavy atom. The zero-order valence-corrected chi connectivity index (χ0v) is 7.87. The third-order valence-electron chi connectivity index (χ3n) is 1.91. The molecular formula is C10H9N3O2. The number of carboxylic acid groups (broad SMARTS) is 1. The third-order valence-corrected chi connectivity index (χ3v) is 1.91. The number of carboxylic acids is 1. The van der Waals surface area contributed by atoms with Crippen LogP contribution in [0.2, 0.25) is 0 Å². The molecule has 5 nitrogen and oxygen atoms in total. The summed E-state index contributed by atoms with van der Waals surface area (Å²) in [5.41, 5.74) is 1.60. The second-order valence-corrected chi connectivity index (χ2v) is 3.06. The Morgan fingerprint density at radius 2 is 2.07 bits per heavy atom. The predicted octanol–water partition coefficient (Wildman–Crippen LogP) is 1.03. The Morgan fingerprint density at radius 1 is 1.33 bits per heavy atom. The molecule has 0 aliphatic rings. The fourth-order valence-corrected chi connectivity index (χ4v) is 1.26. The molecule has 0 radical (unpaired) electrons. The van der Waals surface area contributed by atoms with E-state index in [1.165, 1.54) is 4.68 Å². The number of aromatic nitrogens is 3. The zero-order valence-electron chi connectivity index (χ0n) is 7.87. The highest BCUT2D eigenvalue weighted by Gasteiger charge is 2.05. The molecule has 0 saturated heterocycles. The lowest BCUT2D eigenvalue weighted by molar-refractivity contribution is -0.137. The highest BCUT2D eigenvalue weighted by atomic mass is 16.4. The summed E-state index contributed by atoms with van der Waals surface area (Å²) in [4.78, 5) is 10.4. The van der Waals surface area contributed by atoms with Crippen LogP contribution in [0.1, 0.15) is 0 Å². The first-order chi connectivity index (χ1) is 7.25. The van der Waals surface area contributed by atoms with Gasteiger partial charge in [-0.1, -0.05) is 35.5 Å². The van der Waals surface area contributed by atoms with Gasteiger partial charge in [0.25, 0.3) is 0 Å². The summed E-state index contributed by atoms with van der Waals surface area (Å²) in [7, 11) is 0. The van der Waals surface area contributed by atoms with Gasteiger partial charge in [-0.25, -0.2) is 4.68 Å². The summed E-state index contributed by atoms with van der Waals surface area (Å²) in [5.74, 6) is -0.931. The number of hydrogen-bond acceptors (Lipinski definition) is 3. The molecule has 0 aliphatic heterocycles. The molecule has 5 heteroatoms. The van der Waals surface area contributed by atoms with Crippen LogP contribution < -0.4 is 0 Å².